The number of amides is 2. The lowest BCUT2D eigenvalue weighted by Gasteiger charge is -2.34. The van der Waals surface area contributed by atoms with E-state index >= 15 is 0 Å². The fourth-order valence-electron chi connectivity index (χ4n) is 2.77. The number of aromatic hydroxyl groups is 1. The average Bonchev–Trinajstić information content (AvgIpc) is 2.46. The molecule has 1 aromatic rings. The molecule has 0 saturated carbocycles. The molecule has 126 valence electrons. The number of hydrogen-bond acceptors (Lipinski definition) is 3. The van der Waals surface area contributed by atoms with Crippen molar-refractivity contribution in [1.29, 1.82) is 0 Å². The standard InChI is InChI=1S/C18H26N2O3/c1-18(2,3)12-16(22)20-10-8-13(9-11-20)19-17(23)14-6-4-5-7-15(14)21/h4-7,13,21H,8-12H2,1-3H3,(H,19,23). The maximum Gasteiger partial charge on any atom is 0.255 e. The minimum Gasteiger partial charge on any atom is -0.507 e. The van der Waals surface area contributed by atoms with E-state index in [1.165, 1.54) is 6.07 Å². The summed E-state index contributed by atoms with van der Waals surface area (Å²) in [4.78, 5) is 26.3. The van der Waals surface area contributed by atoms with Crippen LogP contribution in [0.5, 0.6) is 5.75 Å². The van der Waals surface area contributed by atoms with Gasteiger partial charge in [-0.15, -0.1) is 0 Å². The lowest BCUT2D eigenvalue weighted by atomic mass is 9.91. The van der Waals surface area contributed by atoms with Crippen LogP contribution in [0.25, 0.3) is 0 Å². The largest absolute Gasteiger partial charge is 0.507 e. The number of rotatable bonds is 3. The molecule has 0 aliphatic carbocycles. The maximum atomic E-state index is 12.2. The van der Waals surface area contributed by atoms with Gasteiger partial charge in [-0.25, -0.2) is 0 Å². The summed E-state index contributed by atoms with van der Waals surface area (Å²) in [7, 11) is 0. The lowest BCUT2D eigenvalue weighted by Crippen LogP contribution is -2.47. The molecule has 0 bridgehead atoms. The summed E-state index contributed by atoms with van der Waals surface area (Å²) in [5.74, 6) is -0.0895. The van der Waals surface area contributed by atoms with Gasteiger partial charge >= 0.3 is 0 Å². The SMILES string of the molecule is CC(C)(C)CC(=O)N1CCC(NC(=O)c2ccccc2O)CC1. The Morgan fingerprint density at radius 2 is 1.83 bits per heavy atom. The van der Waals surface area contributed by atoms with E-state index in [-0.39, 0.29) is 29.0 Å². The van der Waals surface area contributed by atoms with Gasteiger partial charge in [0.1, 0.15) is 5.75 Å². The van der Waals surface area contributed by atoms with E-state index in [1.54, 1.807) is 18.2 Å². The second-order valence-electron chi connectivity index (χ2n) is 7.38. The number of para-hydroxylation sites is 1. The number of piperidine rings is 1. The number of phenols is 1. The van der Waals surface area contributed by atoms with E-state index < -0.39 is 0 Å². The van der Waals surface area contributed by atoms with E-state index in [9.17, 15) is 14.7 Å². The predicted octanol–water partition coefficient (Wildman–Crippen LogP) is 2.55. The predicted molar refractivity (Wildman–Crippen MR) is 89.2 cm³/mol. The van der Waals surface area contributed by atoms with Gasteiger partial charge in [0.05, 0.1) is 5.56 Å². The Labute approximate surface area is 137 Å². The van der Waals surface area contributed by atoms with Crippen molar-refractivity contribution in [2.24, 2.45) is 5.41 Å². The number of nitrogens with zero attached hydrogens (tertiary/aromatic N) is 1. The number of carbonyl (C=O) groups excluding carboxylic acids is 2. The minimum absolute atomic E-state index is 0.00696. The summed E-state index contributed by atoms with van der Waals surface area (Å²) in [5, 5.41) is 12.7. The molecule has 0 unspecified atom stereocenters. The monoisotopic (exact) mass is 318 g/mol. The van der Waals surface area contributed by atoms with Crippen molar-refractivity contribution in [2.75, 3.05) is 13.1 Å². The number of hydrogen-bond donors (Lipinski definition) is 2. The molecular weight excluding hydrogens is 292 g/mol. The molecule has 1 aromatic carbocycles. The first kappa shape index (κ1) is 17.3. The van der Waals surface area contributed by atoms with Crippen molar-refractivity contribution in [1.82, 2.24) is 10.2 Å². The van der Waals surface area contributed by atoms with Gasteiger partial charge in [0.25, 0.3) is 5.91 Å². The minimum atomic E-state index is -0.262. The molecule has 0 spiro atoms. The van der Waals surface area contributed by atoms with Gasteiger partial charge in [-0.1, -0.05) is 32.9 Å². The molecular formula is C18H26N2O3. The van der Waals surface area contributed by atoms with Gasteiger partial charge in [-0.05, 0) is 30.4 Å². The first-order valence-corrected chi connectivity index (χ1v) is 8.13. The van der Waals surface area contributed by atoms with Crippen molar-refractivity contribution >= 4 is 11.8 Å². The topological polar surface area (TPSA) is 69.6 Å². The highest BCUT2D eigenvalue weighted by Crippen LogP contribution is 2.22. The highest BCUT2D eigenvalue weighted by Gasteiger charge is 2.27. The molecule has 0 aromatic heterocycles. The molecule has 0 radical (unpaired) electrons. The third kappa shape index (κ3) is 4.98. The van der Waals surface area contributed by atoms with Crippen LogP contribution in [0.1, 0.15) is 50.4 Å². The molecule has 0 atom stereocenters. The van der Waals surface area contributed by atoms with Crippen LogP contribution in [0.3, 0.4) is 0 Å². The fourth-order valence-corrected chi connectivity index (χ4v) is 2.77. The third-order valence-electron chi connectivity index (χ3n) is 4.01. The lowest BCUT2D eigenvalue weighted by molar-refractivity contribution is -0.134. The zero-order valence-electron chi connectivity index (χ0n) is 14.1. The number of phenolic OH excluding ortho intramolecular Hbond substituents is 1. The van der Waals surface area contributed by atoms with Gasteiger partial charge in [-0.2, -0.15) is 0 Å². The summed E-state index contributed by atoms with van der Waals surface area (Å²) in [6.07, 6.45) is 2.03. The summed E-state index contributed by atoms with van der Waals surface area (Å²) in [6.45, 7) is 7.51. The number of nitrogens with one attached hydrogen (secondary N) is 1. The van der Waals surface area contributed by atoms with Crippen LogP contribution in [-0.2, 0) is 4.79 Å². The van der Waals surface area contributed by atoms with Crippen LogP contribution in [0, 0.1) is 5.41 Å². The van der Waals surface area contributed by atoms with Crippen LogP contribution < -0.4 is 5.32 Å². The summed E-state index contributed by atoms with van der Waals surface area (Å²) >= 11 is 0. The van der Waals surface area contributed by atoms with Gasteiger partial charge in [-0.3, -0.25) is 9.59 Å². The third-order valence-corrected chi connectivity index (χ3v) is 4.01. The molecule has 2 N–H and O–H groups in total. The van der Waals surface area contributed by atoms with Gasteiger partial charge < -0.3 is 15.3 Å². The maximum absolute atomic E-state index is 12.2. The zero-order valence-corrected chi connectivity index (χ0v) is 14.1. The van der Waals surface area contributed by atoms with Crippen LogP contribution in [0.15, 0.2) is 24.3 Å². The smallest absolute Gasteiger partial charge is 0.255 e. The molecule has 1 aliphatic rings. The normalized spacial score (nSPS) is 16.2. The molecule has 23 heavy (non-hydrogen) atoms. The van der Waals surface area contributed by atoms with E-state index in [0.29, 0.717) is 25.1 Å². The Hall–Kier alpha value is -2.04. The Bertz CT molecular complexity index is 570. The Morgan fingerprint density at radius 1 is 1.22 bits per heavy atom. The van der Waals surface area contributed by atoms with Gasteiger partial charge in [0.15, 0.2) is 0 Å². The first-order chi connectivity index (χ1) is 10.8. The van der Waals surface area contributed by atoms with Crippen molar-refractivity contribution in [3.05, 3.63) is 29.8 Å². The Balaban J connectivity index is 1.84. The molecule has 5 heteroatoms. The van der Waals surface area contributed by atoms with Crippen molar-refractivity contribution in [3.63, 3.8) is 0 Å². The molecule has 5 nitrogen and oxygen atoms in total. The molecule has 2 rings (SSSR count). The van der Waals surface area contributed by atoms with Gasteiger partial charge in [0.2, 0.25) is 5.91 Å². The van der Waals surface area contributed by atoms with E-state index in [0.717, 1.165) is 12.8 Å². The molecule has 1 aliphatic heterocycles. The second-order valence-corrected chi connectivity index (χ2v) is 7.38. The quantitative estimate of drug-likeness (QED) is 0.900. The highest BCUT2D eigenvalue weighted by atomic mass is 16.3. The molecule has 1 heterocycles. The van der Waals surface area contributed by atoms with E-state index in [1.807, 2.05) is 4.90 Å². The van der Waals surface area contributed by atoms with Crippen LogP contribution >= 0.6 is 0 Å². The average molecular weight is 318 g/mol. The van der Waals surface area contributed by atoms with Gasteiger partial charge in [0, 0.05) is 25.6 Å². The highest BCUT2D eigenvalue weighted by molar-refractivity contribution is 5.96. The van der Waals surface area contributed by atoms with Crippen LogP contribution in [0.2, 0.25) is 0 Å². The van der Waals surface area contributed by atoms with Crippen molar-refractivity contribution < 1.29 is 14.7 Å². The molecule has 2 amide bonds. The summed E-state index contributed by atoms with van der Waals surface area (Å²) < 4.78 is 0. The molecule has 1 saturated heterocycles. The van der Waals surface area contributed by atoms with E-state index in [2.05, 4.69) is 26.1 Å². The Kier molecular flexibility index (Phi) is 5.29. The van der Waals surface area contributed by atoms with Crippen molar-refractivity contribution in [2.45, 2.75) is 46.1 Å². The fraction of sp³-hybridized carbons (Fsp3) is 0.556. The van der Waals surface area contributed by atoms with E-state index in [4.69, 9.17) is 0 Å². The summed E-state index contributed by atoms with van der Waals surface area (Å²) in [6, 6.07) is 6.56. The molecule has 1 fully saturated rings. The zero-order chi connectivity index (χ0) is 17.0. The first-order valence-electron chi connectivity index (χ1n) is 8.13. The number of carbonyl (C=O) groups is 2. The van der Waals surface area contributed by atoms with Crippen LogP contribution in [-0.4, -0.2) is 41.0 Å². The second kappa shape index (κ2) is 7.02. The number of benzene rings is 1. The summed E-state index contributed by atoms with van der Waals surface area (Å²) in [5.41, 5.74) is 0.284. The van der Waals surface area contributed by atoms with Crippen molar-refractivity contribution in [3.8, 4) is 5.75 Å². The Morgan fingerprint density at radius 3 is 2.39 bits per heavy atom. The number of likely N-dealkylation sites (tertiary alicyclic amines) is 1. The van der Waals surface area contributed by atoms with Crippen LogP contribution in [0.4, 0.5) is 0 Å².